The van der Waals surface area contributed by atoms with Crippen molar-refractivity contribution in [1.82, 2.24) is 15.5 Å². The van der Waals surface area contributed by atoms with Gasteiger partial charge in [-0.2, -0.15) is 0 Å². The molecule has 1 unspecified atom stereocenters. The van der Waals surface area contributed by atoms with Crippen molar-refractivity contribution in [3.05, 3.63) is 57.8 Å². The molecule has 0 radical (unpaired) electrons. The van der Waals surface area contributed by atoms with Gasteiger partial charge in [0.25, 0.3) is 0 Å². The van der Waals surface area contributed by atoms with Crippen molar-refractivity contribution in [2.45, 2.75) is 19.4 Å². The number of morpholine rings is 1. The Bertz CT molecular complexity index is 710. The minimum atomic E-state index is 0.347. The number of nitrogens with one attached hydrogen (secondary N) is 2. The number of ether oxygens (including phenoxy) is 1. The van der Waals surface area contributed by atoms with Crippen LogP contribution < -0.4 is 10.6 Å². The lowest BCUT2D eigenvalue weighted by Crippen LogP contribution is -2.46. The van der Waals surface area contributed by atoms with Crippen molar-refractivity contribution >= 4 is 17.3 Å². The van der Waals surface area contributed by atoms with Gasteiger partial charge >= 0.3 is 0 Å². The summed E-state index contributed by atoms with van der Waals surface area (Å²) in [6, 6.07) is 15.3. The van der Waals surface area contributed by atoms with E-state index in [-0.39, 0.29) is 0 Å². The third-order valence-corrected chi connectivity index (χ3v) is 5.91. The summed E-state index contributed by atoms with van der Waals surface area (Å²) in [4.78, 5) is 9.66. The van der Waals surface area contributed by atoms with Gasteiger partial charge in [-0.25, -0.2) is 0 Å². The quantitative estimate of drug-likeness (QED) is 0.568. The van der Waals surface area contributed by atoms with Crippen molar-refractivity contribution in [2.24, 2.45) is 4.99 Å². The van der Waals surface area contributed by atoms with Gasteiger partial charge in [-0.15, -0.1) is 11.3 Å². The molecular weight excluding hydrogens is 356 g/mol. The summed E-state index contributed by atoms with van der Waals surface area (Å²) >= 11 is 1.88. The Morgan fingerprint density at radius 1 is 1.15 bits per heavy atom. The van der Waals surface area contributed by atoms with E-state index in [0.717, 1.165) is 51.8 Å². The zero-order valence-electron chi connectivity index (χ0n) is 16.3. The van der Waals surface area contributed by atoms with Gasteiger partial charge in [0.05, 0.1) is 19.3 Å². The molecule has 0 aliphatic carbocycles. The van der Waals surface area contributed by atoms with Crippen LogP contribution in [0, 0.1) is 6.92 Å². The average molecular weight is 387 g/mol. The van der Waals surface area contributed by atoms with Crippen LogP contribution in [-0.2, 0) is 11.2 Å². The van der Waals surface area contributed by atoms with Crippen molar-refractivity contribution in [3.63, 3.8) is 0 Å². The summed E-state index contributed by atoms with van der Waals surface area (Å²) in [6.07, 6.45) is 0.985. The van der Waals surface area contributed by atoms with Crippen LogP contribution in [0.25, 0.3) is 0 Å². The van der Waals surface area contributed by atoms with Gasteiger partial charge in [0.1, 0.15) is 0 Å². The Morgan fingerprint density at radius 2 is 1.93 bits per heavy atom. The van der Waals surface area contributed by atoms with Crippen LogP contribution in [0.5, 0.6) is 0 Å². The van der Waals surface area contributed by atoms with Crippen molar-refractivity contribution in [2.75, 3.05) is 46.4 Å². The molecule has 27 heavy (non-hydrogen) atoms. The van der Waals surface area contributed by atoms with Gasteiger partial charge in [-0.1, -0.05) is 30.3 Å². The number of aryl methyl sites for hydroxylation is 1. The van der Waals surface area contributed by atoms with Crippen LogP contribution in [-0.4, -0.2) is 57.3 Å². The summed E-state index contributed by atoms with van der Waals surface area (Å²) in [7, 11) is 1.83. The predicted octanol–water partition coefficient (Wildman–Crippen LogP) is 2.84. The molecule has 1 aliphatic heterocycles. The minimum Gasteiger partial charge on any atom is -0.379 e. The number of hydrogen-bond donors (Lipinski definition) is 2. The maximum atomic E-state index is 5.54. The van der Waals surface area contributed by atoms with Crippen molar-refractivity contribution < 1.29 is 4.74 Å². The molecular formula is C21H30N4OS. The minimum absolute atomic E-state index is 0.347. The molecule has 1 aromatic carbocycles. The third kappa shape index (κ3) is 6.06. The third-order valence-electron chi connectivity index (χ3n) is 4.81. The molecule has 3 rings (SSSR count). The first-order valence-corrected chi connectivity index (χ1v) is 10.4. The molecule has 1 aliphatic rings. The molecule has 1 saturated heterocycles. The highest BCUT2D eigenvalue weighted by Gasteiger charge is 2.24. The van der Waals surface area contributed by atoms with E-state index in [0.29, 0.717) is 6.04 Å². The van der Waals surface area contributed by atoms with Crippen LogP contribution in [0.3, 0.4) is 0 Å². The standard InChI is InChI=1S/C21H30N4OS/c1-17-8-9-20(27-17)19(25-12-14-26-15-13-25)16-24-21(22-2)23-11-10-18-6-4-3-5-7-18/h3-9,19H,10-16H2,1-2H3,(H2,22,23,24). The lowest BCUT2D eigenvalue weighted by molar-refractivity contribution is 0.0177. The molecule has 2 N–H and O–H groups in total. The summed E-state index contributed by atoms with van der Waals surface area (Å²) < 4.78 is 5.54. The van der Waals surface area contributed by atoms with Crippen LogP contribution in [0.2, 0.25) is 0 Å². The molecule has 1 aromatic heterocycles. The second-order valence-electron chi connectivity index (χ2n) is 6.73. The summed E-state index contributed by atoms with van der Waals surface area (Å²) in [5, 5.41) is 6.96. The summed E-state index contributed by atoms with van der Waals surface area (Å²) in [5.74, 6) is 0.859. The predicted molar refractivity (Wildman–Crippen MR) is 114 cm³/mol. The summed E-state index contributed by atoms with van der Waals surface area (Å²) in [5.41, 5.74) is 1.33. The van der Waals surface area contributed by atoms with E-state index in [1.807, 2.05) is 18.4 Å². The van der Waals surface area contributed by atoms with E-state index in [4.69, 9.17) is 4.74 Å². The van der Waals surface area contributed by atoms with E-state index in [1.165, 1.54) is 15.3 Å². The van der Waals surface area contributed by atoms with Gasteiger partial charge in [0.2, 0.25) is 0 Å². The second-order valence-corrected chi connectivity index (χ2v) is 8.05. The highest BCUT2D eigenvalue weighted by molar-refractivity contribution is 7.12. The first-order chi connectivity index (χ1) is 13.3. The first kappa shape index (κ1) is 19.9. The molecule has 5 nitrogen and oxygen atoms in total. The number of hydrogen-bond acceptors (Lipinski definition) is 4. The second kappa shape index (κ2) is 10.4. The molecule has 0 bridgehead atoms. The largest absolute Gasteiger partial charge is 0.379 e. The van der Waals surface area contributed by atoms with Crippen LogP contribution >= 0.6 is 11.3 Å². The Balaban J connectivity index is 1.54. The fourth-order valence-corrected chi connectivity index (χ4v) is 4.33. The van der Waals surface area contributed by atoms with E-state index in [2.05, 4.69) is 69.9 Å². The smallest absolute Gasteiger partial charge is 0.191 e. The Kier molecular flexibility index (Phi) is 7.68. The van der Waals surface area contributed by atoms with Crippen LogP contribution in [0.15, 0.2) is 47.5 Å². The Hall–Kier alpha value is -1.89. The SMILES string of the molecule is CN=C(NCCc1ccccc1)NCC(c1ccc(C)s1)N1CCOCC1. The lowest BCUT2D eigenvalue weighted by Gasteiger charge is -2.34. The van der Waals surface area contributed by atoms with Crippen LogP contribution in [0.4, 0.5) is 0 Å². The van der Waals surface area contributed by atoms with Gasteiger partial charge in [0, 0.05) is 43.0 Å². The molecule has 0 saturated carbocycles. The Morgan fingerprint density at radius 3 is 2.59 bits per heavy atom. The molecule has 2 aromatic rings. The lowest BCUT2D eigenvalue weighted by atomic mass is 10.1. The number of thiophene rings is 1. The number of guanidine groups is 1. The van der Waals surface area contributed by atoms with Crippen LogP contribution in [0.1, 0.15) is 21.4 Å². The zero-order valence-corrected chi connectivity index (χ0v) is 17.1. The normalized spacial score (nSPS) is 16.9. The molecule has 2 heterocycles. The van der Waals surface area contributed by atoms with Crippen molar-refractivity contribution in [1.29, 1.82) is 0 Å². The fraction of sp³-hybridized carbons (Fsp3) is 0.476. The topological polar surface area (TPSA) is 48.9 Å². The van der Waals surface area contributed by atoms with Gasteiger partial charge in [0.15, 0.2) is 5.96 Å². The molecule has 0 spiro atoms. The number of benzene rings is 1. The highest BCUT2D eigenvalue weighted by Crippen LogP contribution is 2.27. The molecule has 146 valence electrons. The van der Waals surface area contributed by atoms with E-state index in [1.54, 1.807) is 0 Å². The van der Waals surface area contributed by atoms with E-state index >= 15 is 0 Å². The maximum Gasteiger partial charge on any atom is 0.191 e. The average Bonchev–Trinajstić information content (AvgIpc) is 3.14. The van der Waals surface area contributed by atoms with Gasteiger partial charge < -0.3 is 15.4 Å². The first-order valence-electron chi connectivity index (χ1n) is 9.63. The number of aliphatic imine (C=N–C) groups is 1. The van der Waals surface area contributed by atoms with E-state index < -0.39 is 0 Å². The molecule has 1 fully saturated rings. The number of rotatable bonds is 7. The highest BCUT2D eigenvalue weighted by atomic mass is 32.1. The van der Waals surface area contributed by atoms with E-state index in [9.17, 15) is 0 Å². The summed E-state index contributed by atoms with van der Waals surface area (Å²) in [6.45, 7) is 7.44. The fourth-order valence-electron chi connectivity index (χ4n) is 3.32. The molecule has 1 atom stereocenters. The monoisotopic (exact) mass is 386 g/mol. The van der Waals surface area contributed by atoms with Gasteiger partial charge in [-0.05, 0) is 31.0 Å². The molecule has 6 heteroatoms. The number of nitrogens with zero attached hydrogens (tertiary/aromatic N) is 2. The zero-order chi connectivity index (χ0) is 18.9. The maximum absolute atomic E-state index is 5.54. The molecule has 0 amide bonds. The van der Waals surface area contributed by atoms with Gasteiger partial charge in [-0.3, -0.25) is 9.89 Å². The Labute approximate surface area is 166 Å². The van der Waals surface area contributed by atoms with Crippen molar-refractivity contribution in [3.8, 4) is 0 Å².